The summed E-state index contributed by atoms with van der Waals surface area (Å²) in [5.74, 6) is -0.363. The molecular formula is C18H13FN4O2S. The van der Waals surface area contributed by atoms with Crippen LogP contribution in [0.4, 0.5) is 4.39 Å². The van der Waals surface area contributed by atoms with E-state index < -0.39 is 9.84 Å². The first kappa shape index (κ1) is 16.3. The van der Waals surface area contributed by atoms with Gasteiger partial charge in [0.1, 0.15) is 17.8 Å². The molecule has 0 fully saturated rings. The van der Waals surface area contributed by atoms with Gasteiger partial charge in [-0.3, -0.25) is 0 Å². The number of aromatic nitrogens is 4. The first-order valence-corrected chi connectivity index (χ1v) is 9.58. The third-order valence-corrected chi connectivity index (χ3v) is 5.03. The van der Waals surface area contributed by atoms with Crippen molar-refractivity contribution in [1.82, 2.24) is 19.6 Å². The summed E-state index contributed by atoms with van der Waals surface area (Å²) in [5.41, 5.74) is 3.01. The fourth-order valence-corrected chi connectivity index (χ4v) is 3.61. The molecule has 8 heteroatoms. The van der Waals surface area contributed by atoms with Crippen molar-refractivity contribution < 1.29 is 12.8 Å². The first-order valence-electron chi connectivity index (χ1n) is 7.69. The van der Waals surface area contributed by atoms with Crippen LogP contribution in [0.25, 0.3) is 28.0 Å². The molecule has 130 valence electrons. The zero-order valence-electron chi connectivity index (χ0n) is 13.7. The van der Waals surface area contributed by atoms with Gasteiger partial charge in [-0.2, -0.15) is 5.10 Å². The van der Waals surface area contributed by atoms with Crippen LogP contribution < -0.4 is 0 Å². The maximum Gasteiger partial charge on any atom is 0.192 e. The Bertz CT molecular complexity index is 1200. The zero-order chi connectivity index (χ0) is 18.3. The van der Waals surface area contributed by atoms with Crippen molar-refractivity contribution in [2.24, 2.45) is 0 Å². The Labute approximate surface area is 148 Å². The van der Waals surface area contributed by atoms with Gasteiger partial charge in [0.05, 0.1) is 16.8 Å². The van der Waals surface area contributed by atoms with Crippen molar-refractivity contribution in [3.05, 3.63) is 66.9 Å². The number of nitrogens with zero attached hydrogens (tertiary/aromatic N) is 4. The minimum absolute atomic E-state index is 0.0682. The molecule has 0 saturated carbocycles. The van der Waals surface area contributed by atoms with Gasteiger partial charge in [0.15, 0.2) is 14.9 Å². The average molecular weight is 368 g/mol. The first-order chi connectivity index (χ1) is 12.4. The van der Waals surface area contributed by atoms with E-state index in [0.717, 1.165) is 6.26 Å². The second kappa shape index (κ2) is 5.99. The molecule has 0 N–H and O–H groups in total. The molecule has 26 heavy (non-hydrogen) atoms. The molecule has 1 aromatic carbocycles. The number of benzene rings is 1. The molecule has 4 rings (SSSR count). The molecule has 0 unspecified atom stereocenters. The number of sulfone groups is 1. The number of halogens is 1. The van der Waals surface area contributed by atoms with Gasteiger partial charge in [-0.1, -0.05) is 6.07 Å². The zero-order valence-corrected chi connectivity index (χ0v) is 14.5. The molecule has 3 aromatic heterocycles. The summed E-state index contributed by atoms with van der Waals surface area (Å²) in [7, 11) is -3.50. The van der Waals surface area contributed by atoms with E-state index in [-0.39, 0.29) is 10.8 Å². The second-order valence-corrected chi connectivity index (χ2v) is 7.72. The number of rotatable bonds is 3. The van der Waals surface area contributed by atoms with Crippen molar-refractivity contribution in [3.63, 3.8) is 0 Å². The lowest BCUT2D eigenvalue weighted by Gasteiger charge is -2.03. The minimum atomic E-state index is -3.50. The van der Waals surface area contributed by atoms with E-state index in [1.165, 1.54) is 29.0 Å². The number of hydrogen-bond acceptors (Lipinski definition) is 5. The lowest BCUT2D eigenvalue weighted by molar-refractivity contribution is 0.593. The lowest BCUT2D eigenvalue weighted by atomic mass is 10.0. The molecule has 3 heterocycles. The summed E-state index contributed by atoms with van der Waals surface area (Å²) >= 11 is 0. The maximum absolute atomic E-state index is 13.3. The Balaban J connectivity index is 2.12. The summed E-state index contributed by atoms with van der Waals surface area (Å²) in [4.78, 5) is 8.20. The highest BCUT2D eigenvalue weighted by atomic mass is 32.2. The third-order valence-electron chi connectivity index (χ3n) is 3.96. The van der Waals surface area contributed by atoms with Crippen LogP contribution in [-0.2, 0) is 9.84 Å². The van der Waals surface area contributed by atoms with E-state index in [0.29, 0.717) is 28.0 Å². The van der Waals surface area contributed by atoms with Crippen LogP contribution in [0.5, 0.6) is 0 Å². The van der Waals surface area contributed by atoms with Crippen LogP contribution in [0.1, 0.15) is 0 Å². The summed E-state index contributed by atoms with van der Waals surface area (Å²) in [6, 6.07) is 12.5. The van der Waals surface area contributed by atoms with E-state index in [9.17, 15) is 12.8 Å². The SMILES string of the molecule is CS(=O)(=O)c1cccc2c(-c3ccncn3)c(-c3ccc(F)cc3)nn12. The van der Waals surface area contributed by atoms with Gasteiger partial charge in [-0.15, -0.1) is 0 Å². The molecule has 0 atom stereocenters. The molecule has 0 radical (unpaired) electrons. The van der Waals surface area contributed by atoms with E-state index in [2.05, 4.69) is 15.1 Å². The van der Waals surface area contributed by atoms with Gasteiger partial charge in [-0.05, 0) is 42.5 Å². The Morgan fingerprint density at radius 1 is 1.04 bits per heavy atom. The molecule has 0 aliphatic carbocycles. The largest absolute Gasteiger partial charge is 0.245 e. The van der Waals surface area contributed by atoms with Gasteiger partial charge in [0.25, 0.3) is 0 Å². The van der Waals surface area contributed by atoms with Crippen LogP contribution in [0, 0.1) is 5.82 Å². The van der Waals surface area contributed by atoms with Crippen LogP contribution in [0.2, 0.25) is 0 Å². The van der Waals surface area contributed by atoms with Crippen molar-refractivity contribution in [2.75, 3.05) is 6.26 Å². The molecule has 0 spiro atoms. The molecule has 4 aromatic rings. The fourth-order valence-electron chi connectivity index (χ4n) is 2.83. The van der Waals surface area contributed by atoms with Gasteiger partial charge >= 0.3 is 0 Å². The molecule has 6 nitrogen and oxygen atoms in total. The topological polar surface area (TPSA) is 77.2 Å². The van der Waals surface area contributed by atoms with Crippen LogP contribution in [-0.4, -0.2) is 34.3 Å². The van der Waals surface area contributed by atoms with Crippen molar-refractivity contribution in [1.29, 1.82) is 0 Å². The highest BCUT2D eigenvalue weighted by molar-refractivity contribution is 7.90. The number of fused-ring (bicyclic) bond motifs is 1. The van der Waals surface area contributed by atoms with E-state index in [4.69, 9.17) is 0 Å². The lowest BCUT2D eigenvalue weighted by Crippen LogP contribution is -2.05. The van der Waals surface area contributed by atoms with Gasteiger partial charge in [0, 0.05) is 18.0 Å². The molecule has 0 amide bonds. The second-order valence-electron chi connectivity index (χ2n) is 5.76. The standard InChI is InChI=1S/C18H13FN4O2S/c1-26(24,25)16-4-2-3-15-17(14-9-10-20-11-21-14)18(22-23(15)16)12-5-7-13(19)8-6-12/h2-11H,1H3. The van der Waals surface area contributed by atoms with Gasteiger partial charge < -0.3 is 0 Å². The van der Waals surface area contributed by atoms with Crippen molar-refractivity contribution in [3.8, 4) is 22.5 Å². The maximum atomic E-state index is 13.3. The molecule has 0 aliphatic heterocycles. The van der Waals surface area contributed by atoms with Crippen LogP contribution in [0.15, 0.2) is 66.1 Å². The highest BCUT2D eigenvalue weighted by Gasteiger charge is 2.21. The summed E-state index contributed by atoms with van der Waals surface area (Å²) < 4.78 is 39.0. The quantitative estimate of drug-likeness (QED) is 0.556. The summed E-state index contributed by atoms with van der Waals surface area (Å²) in [5, 5.41) is 4.58. The predicted molar refractivity (Wildman–Crippen MR) is 94.7 cm³/mol. The highest BCUT2D eigenvalue weighted by Crippen LogP contribution is 2.35. The summed E-state index contributed by atoms with van der Waals surface area (Å²) in [6.07, 6.45) is 4.14. The van der Waals surface area contributed by atoms with Crippen LogP contribution >= 0.6 is 0 Å². The van der Waals surface area contributed by atoms with E-state index >= 15 is 0 Å². The monoisotopic (exact) mass is 368 g/mol. The predicted octanol–water partition coefficient (Wildman–Crippen LogP) is 3.00. The average Bonchev–Trinajstić information content (AvgIpc) is 3.01. The Morgan fingerprint density at radius 2 is 1.81 bits per heavy atom. The smallest absolute Gasteiger partial charge is 0.192 e. The molecule has 0 bridgehead atoms. The van der Waals surface area contributed by atoms with Crippen molar-refractivity contribution >= 4 is 15.4 Å². The van der Waals surface area contributed by atoms with Gasteiger partial charge in [0.2, 0.25) is 0 Å². The molecule has 0 aliphatic rings. The number of pyridine rings is 1. The Kier molecular flexibility index (Phi) is 3.77. The van der Waals surface area contributed by atoms with Crippen molar-refractivity contribution in [2.45, 2.75) is 5.03 Å². The summed E-state index contributed by atoms with van der Waals surface area (Å²) in [6.45, 7) is 0. The fraction of sp³-hybridized carbons (Fsp3) is 0.0556. The van der Waals surface area contributed by atoms with E-state index in [1.807, 2.05) is 0 Å². The molecular weight excluding hydrogens is 355 g/mol. The third kappa shape index (κ3) is 2.74. The van der Waals surface area contributed by atoms with Crippen LogP contribution in [0.3, 0.4) is 0 Å². The molecule has 0 saturated heterocycles. The van der Waals surface area contributed by atoms with Gasteiger partial charge in [-0.25, -0.2) is 27.3 Å². The Morgan fingerprint density at radius 3 is 2.46 bits per heavy atom. The minimum Gasteiger partial charge on any atom is -0.245 e. The normalized spacial score (nSPS) is 11.8. The van der Waals surface area contributed by atoms with E-state index in [1.54, 1.807) is 36.5 Å². The number of hydrogen-bond donors (Lipinski definition) is 0. The Hall–Kier alpha value is -3.13.